The van der Waals surface area contributed by atoms with E-state index >= 15 is 0 Å². The van der Waals surface area contributed by atoms with Gasteiger partial charge in [0.25, 0.3) is 0 Å². The van der Waals surface area contributed by atoms with Gasteiger partial charge in [0.05, 0.1) is 18.8 Å². The van der Waals surface area contributed by atoms with Crippen LogP contribution in [0.25, 0.3) is 0 Å². The van der Waals surface area contributed by atoms with Gasteiger partial charge in [-0.05, 0) is 25.7 Å². The fraction of sp³-hybridized carbons (Fsp3) is 0.900. The van der Waals surface area contributed by atoms with E-state index in [1.54, 1.807) is 6.92 Å². The molecule has 0 aliphatic carbocycles. The summed E-state index contributed by atoms with van der Waals surface area (Å²) in [5.74, 6) is 0.973. The maximum absolute atomic E-state index is 11.1. The molecule has 0 amide bonds. The van der Waals surface area contributed by atoms with Gasteiger partial charge in [0, 0.05) is 15.9 Å². The van der Waals surface area contributed by atoms with Crippen molar-refractivity contribution in [1.82, 2.24) is 0 Å². The minimum absolute atomic E-state index is 0.0707. The molecule has 1 rings (SSSR count). The first kappa shape index (κ1) is 12.1. The van der Waals surface area contributed by atoms with Crippen LogP contribution in [0, 0.1) is 11.8 Å². The van der Waals surface area contributed by atoms with Gasteiger partial charge in [-0.2, -0.15) is 0 Å². The lowest BCUT2D eigenvalue weighted by atomic mass is 9.85. The number of ether oxygens (including phenoxy) is 1. The van der Waals surface area contributed by atoms with Crippen molar-refractivity contribution in [1.29, 1.82) is 0 Å². The van der Waals surface area contributed by atoms with Crippen LogP contribution in [0.15, 0.2) is 0 Å². The van der Waals surface area contributed by atoms with E-state index in [2.05, 4.69) is 23.3 Å². The normalized spacial score (nSPS) is 37.4. The third-order valence-corrected chi connectivity index (χ3v) is 3.26. The molecule has 1 heterocycles. The summed E-state index contributed by atoms with van der Waals surface area (Å²) in [5.41, 5.74) is 0. The van der Waals surface area contributed by atoms with Crippen LogP contribution in [0.1, 0.15) is 27.2 Å². The summed E-state index contributed by atoms with van der Waals surface area (Å²) < 4.78 is 10.8. The Morgan fingerprint density at radius 2 is 2.14 bits per heavy atom. The Balaban J connectivity index is 2.60. The number of carbonyl (C=O) groups excluding carboxylic acids is 1. The monoisotopic (exact) mass is 218 g/mol. The first-order valence-corrected chi connectivity index (χ1v) is 5.50. The molecule has 3 nitrogen and oxygen atoms in total. The summed E-state index contributed by atoms with van der Waals surface area (Å²) in [6.45, 7) is 6.38. The van der Waals surface area contributed by atoms with Gasteiger partial charge in [-0.1, -0.05) is 6.92 Å². The predicted molar refractivity (Wildman–Crippen MR) is 57.9 cm³/mol. The number of hydrogen-bond donors (Lipinski definition) is 0. The van der Waals surface area contributed by atoms with Crippen molar-refractivity contribution in [3.05, 3.63) is 0 Å². The van der Waals surface area contributed by atoms with Gasteiger partial charge in [-0.3, -0.25) is 0 Å². The van der Waals surface area contributed by atoms with Crippen molar-refractivity contribution in [2.75, 3.05) is 6.61 Å². The second-order valence-corrected chi connectivity index (χ2v) is 4.48. The maximum Gasteiger partial charge on any atom is 0.130 e. The molecule has 5 atom stereocenters. The minimum Gasteiger partial charge on any atom is -0.372 e. The molecule has 0 aromatic rings. The third-order valence-electron chi connectivity index (χ3n) is 3.07. The van der Waals surface area contributed by atoms with E-state index in [4.69, 9.17) is 9.26 Å². The quantitative estimate of drug-likeness (QED) is 0.675. The SMILES string of the molecule is CC(=O)C[C@H]1C(COP)O[C@@H](C)[C@H]1C. The molecular weight excluding hydrogens is 199 g/mol. The fourth-order valence-electron chi connectivity index (χ4n) is 2.09. The number of hydrogen-bond acceptors (Lipinski definition) is 3. The molecule has 1 aliphatic rings. The maximum atomic E-state index is 11.1. The van der Waals surface area contributed by atoms with Gasteiger partial charge in [-0.15, -0.1) is 0 Å². The van der Waals surface area contributed by atoms with E-state index in [9.17, 15) is 4.79 Å². The molecule has 0 N–H and O–H groups in total. The highest BCUT2D eigenvalue weighted by atomic mass is 31.0. The van der Waals surface area contributed by atoms with E-state index < -0.39 is 0 Å². The molecule has 82 valence electrons. The smallest absolute Gasteiger partial charge is 0.130 e. The van der Waals surface area contributed by atoms with Gasteiger partial charge < -0.3 is 14.1 Å². The van der Waals surface area contributed by atoms with E-state index in [-0.39, 0.29) is 18.0 Å². The van der Waals surface area contributed by atoms with E-state index in [1.807, 2.05) is 0 Å². The fourth-order valence-corrected chi connectivity index (χ4v) is 2.28. The second-order valence-electron chi connectivity index (χ2n) is 4.14. The van der Waals surface area contributed by atoms with E-state index in [0.29, 0.717) is 24.9 Å². The van der Waals surface area contributed by atoms with Crippen LogP contribution in [-0.2, 0) is 14.1 Å². The van der Waals surface area contributed by atoms with Gasteiger partial charge in [0.1, 0.15) is 5.78 Å². The van der Waals surface area contributed by atoms with Crippen molar-refractivity contribution in [2.45, 2.75) is 39.4 Å². The molecule has 1 fully saturated rings. The second kappa shape index (κ2) is 5.20. The number of rotatable bonds is 4. The highest BCUT2D eigenvalue weighted by Crippen LogP contribution is 2.35. The molecule has 0 aromatic heterocycles. The summed E-state index contributed by atoms with van der Waals surface area (Å²) in [4.78, 5) is 11.1. The average molecular weight is 218 g/mol. The molecule has 14 heavy (non-hydrogen) atoms. The molecule has 1 aliphatic heterocycles. The van der Waals surface area contributed by atoms with E-state index in [0.717, 1.165) is 0 Å². The summed E-state index contributed by atoms with van der Waals surface area (Å²) in [6, 6.07) is 0. The molecule has 2 unspecified atom stereocenters. The Morgan fingerprint density at radius 3 is 2.64 bits per heavy atom. The average Bonchev–Trinajstić information content (AvgIpc) is 2.33. The van der Waals surface area contributed by atoms with Crippen LogP contribution in [0.3, 0.4) is 0 Å². The zero-order chi connectivity index (χ0) is 10.7. The Hall–Kier alpha value is 0.0200. The summed E-state index contributed by atoms with van der Waals surface area (Å²) in [6.07, 6.45) is 0.899. The van der Waals surface area contributed by atoms with E-state index in [1.165, 1.54) is 0 Å². The summed E-state index contributed by atoms with van der Waals surface area (Å²) in [5, 5.41) is 0. The molecular formula is C10H19O3P. The Morgan fingerprint density at radius 1 is 1.50 bits per heavy atom. The van der Waals surface area contributed by atoms with Crippen LogP contribution in [-0.4, -0.2) is 24.6 Å². The molecule has 0 saturated carbocycles. The van der Waals surface area contributed by atoms with Crippen LogP contribution in [0.4, 0.5) is 0 Å². The zero-order valence-corrected chi connectivity index (χ0v) is 10.2. The van der Waals surface area contributed by atoms with Gasteiger partial charge in [0.2, 0.25) is 0 Å². The van der Waals surface area contributed by atoms with Crippen LogP contribution in [0.2, 0.25) is 0 Å². The third kappa shape index (κ3) is 2.75. The largest absolute Gasteiger partial charge is 0.372 e. The number of carbonyl (C=O) groups is 1. The lowest BCUT2D eigenvalue weighted by molar-refractivity contribution is -0.118. The van der Waals surface area contributed by atoms with Crippen molar-refractivity contribution >= 4 is 15.2 Å². The summed E-state index contributed by atoms with van der Waals surface area (Å²) in [7, 11) is 2.23. The molecule has 0 bridgehead atoms. The Labute approximate surface area is 87.8 Å². The van der Waals surface area contributed by atoms with Crippen molar-refractivity contribution < 1.29 is 14.1 Å². The van der Waals surface area contributed by atoms with Crippen molar-refractivity contribution in [2.24, 2.45) is 11.8 Å². The number of ketones is 1. The Bertz CT molecular complexity index is 208. The molecule has 0 aromatic carbocycles. The van der Waals surface area contributed by atoms with Crippen molar-refractivity contribution in [3.63, 3.8) is 0 Å². The molecule has 0 radical (unpaired) electrons. The zero-order valence-electron chi connectivity index (χ0n) is 9.03. The van der Waals surface area contributed by atoms with Crippen LogP contribution < -0.4 is 0 Å². The molecule has 1 saturated heterocycles. The van der Waals surface area contributed by atoms with Crippen LogP contribution in [0.5, 0.6) is 0 Å². The topological polar surface area (TPSA) is 35.5 Å². The van der Waals surface area contributed by atoms with Gasteiger partial charge in [0.15, 0.2) is 0 Å². The number of Topliss-reactive ketones (excluding diaryl/α,β-unsaturated/α-hetero) is 1. The van der Waals surface area contributed by atoms with Crippen LogP contribution >= 0.6 is 9.47 Å². The van der Waals surface area contributed by atoms with Gasteiger partial charge in [-0.25, -0.2) is 0 Å². The summed E-state index contributed by atoms with van der Waals surface area (Å²) >= 11 is 0. The molecule has 0 spiro atoms. The Kier molecular flexibility index (Phi) is 4.49. The lowest BCUT2D eigenvalue weighted by Gasteiger charge is -2.18. The van der Waals surface area contributed by atoms with Crippen molar-refractivity contribution in [3.8, 4) is 0 Å². The first-order chi connectivity index (χ1) is 6.56. The van der Waals surface area contributed by atoms with Gasteiger partial charge >= 0.3 is 0 Å². The molecule has 4 heteroatoms. The predicted octanol–water partition coefficient (Wildman–Crippen LogP) is 1.81. The first-order valence-electron chi connectivity index (χ1n) is 5.02. The standard InChI is InChI=1S/C10H19O3P/c1-6(11)4-9-7(2)8(3)13-10(9)5-12-14/h7-10H,4-5,14H2,1-3H3/t7-,8+,9-,10?/m1/s1. The minimum atomic E-state index is 0.0707. The lowest BCUT2D eigenvalue weighted by Crippen LogP contribution is -2.25. The highest BCUT2D eigenvalue weighted by molar-refractivity contribution is 7.09. The highest BCUT2D eigenvalue weighted by Gasteiger charge is 2.39.